The SMILES string of the molecule is CC(=O)NC(=S)Nc1ccc(NC(=O)c2ccccc2F)cc1. The summed E-state index contributed by atoms with van der Waals surface area (Å²) in [5.74, 6) is -1.38. The molecule has 0 aliphatic rings. The van der Waals surface area contributed by atoms with Gasteiger partial charge in [-0.2, -0.15) is 0 Å². The van der Waals surface area contributed by atoms with E-state index in [4.69, 9.17) is 12.2 Å². The molecule has 0 saturated heterocycles. The molecular weight excluding hydrogens is 317 g/mol. The molecule has 0 bridgehead atoms. The van der Waals surface area contributed by atoms with Gasteiger partial charge in [-0.25, -0.2) is 4.39 Å². The van der Waals surface area contributed by atoms with Crippen LogP contribution in [-0.4, -0.2) is 16.9 Å². The number of nitrogens with one attached hydrogen (secondary N) is 3. The van der Waals surface area contributed by atoms with Crippen LogP contribution in [0.15, 0.2) is 48.5 Å². The minimum Gasteiger partial charge on any atom is -0.332 e. The Morgan fingerprint density at radius 1 is 0.957 bits per heavy atom. The number of hydrogen-bond donors (Lipinski definition) is 3. The minimum atomic E-state index is -0.580. The molecule has 0 aliphatic carbocycles. The van der Waals surface area contributed by atoms with E-state index in [0.29, 0.717) is 11.4 Å². The van der Waals surface area contributed by atoms with E-state index < -0.39 is 11.7 Å². The average Bonchev–Trinajstić information content (AvgIpc) is 2.48. The van der Waals surface area contributed by atoms with Gasteiger partial charge in [0, 0.05) is 18.3 Å². The van der Waals surface area contributed by atoms with Gasteiger partial charge in [-0.1, -0.05) is 12.1 Å². The Kier molecular flexibility index (Phi) is 5.37. The number of thiocarbonyl (C=S) groups is 1. The van der Waals surface area contributed by atoms with Crippen molar-refractivity contribution in [1.82, 2.24) is 5.32 Å². The molecule has 0 spiro atoms. The van der Waals surface area contributed by atoms with Crippen LogP contribution < -0.4 is 16.0 Å². The zero-order valence-electron chi connectivity index (χ0n) is 12.2. The van der Waals surface area contributed by atoms with Gasteiger partial charge in [-0.05, 0) is 48.6 Å². The fourth-order valence-electron chi connectivity index (χ4n) is 1.80. The number of benzene rings is 2. The third-order valence-electron chi connectivity index (χ3n) is 2.81. The molecule has 5 nitrogen and oxygen atoms in total. The van der Waals surface area contributed by atoms with Crippen LogP contribution >= 0.6 is 12.2 Å². The molecular formula is C16H14FN3O2S. The largest absolute Gasteiger partial charge is 0.332 e. The average molecular weight is 331 g/mol. The second-order valence-electron chi connectivity index (χ2n) is 4.65. The van der Waals surface area contributed by atoms with Crippen molar-refractivity contribution in [2.24, 2.45) is 0 Å². The van der Waals surface area contributed by atoms with Gasteiger partial charge >= 0.3 is 0 Å². The quantitative estimate of drug-likeness (QED) is 0.757. The van der Waals surface area contributed by atoms with E-state index in [0.717, 1.165) is 0 Å². The summed E-state index contributed by atoms with van der Waals surface area (Å²) in [6.45, 7) is 1.36. The zero-order chi connectivity index (χ0) is 16.8. The smallest absolute Gasteiger partial charge is 0.258 e. The number of carbonyl (C=O) groups excluding carboxylic acids is 2. The molecule has 0 fully saturated rings. The molecule has 2 aromatic rings. The van der Waals surface area contributed by atoms with E-state index in [1.807, 2.05) is 0 Å². The van der Waals surface area contributed by atoms with E-state index in [1.165, 1.54) is 25.1 Å². The summed E-state index contributed by atoms with van der Waals surface area (Å²) in [5, 5.41) is 8.04. The fraction of sp³-hybridized carbons (Fsp3) is 0.0625. The Labute approximate surface area is 137 Å². The van der Waals surface area contributed by atoms with Crippen LogP contribution in [0.25, 0.3) is 0 Å². The van der Waals surface area contributed by atoms with Crippen molar-refractivity contribution in [2.75, 3.05) is 10.6 Å². The normalized spacial score (nSPS) is 9.83. The van der Waals surface area contributed by atoms with E-state index in [2.05, 4.69) is 16.0 Å². The van der Waals surface area contributed by atoms with Gasteiger partial charge in [0.05, 0.1) is 5.56 Å². The van der Waals surface area contributed by atoms with Gasteiger partial charge in [0.15, 0.2) is 5.11 Å². The minimum absolute atomic E-state index is 0.0264. The van der Waals surface area contributed by atoms with Crippen molar-refractivity contribution in [2.45, 2.75) is 6.92 Å². The number of carbonyl (C=O) groups is 2. The summed E-state index contributed by atoms with van der Waals surface area (Å²) in [4.78, 5) is 22.8. The summed E-state index contributed by atoms with van der Waals surface area (Å²) in [5.41, 5.74) is 1.13. The lowest BCUT2D eigenvalue weighted by atomic mass is 10.2. The van der Waals surface area contributed by atoms with Crippen LogP contribution in [0.3, 0.4) is 0 Å². The Hall–Kier alpha value is -2.80. The Morgan fingerprint density at radius 2 is 1.52 bits per heavy atom. The van der Waals surface area contributed by atoms with Crippen LogP contribution in [0.1, 0.15) is 17.3 Å². The van der Waals surface area contributed by atoms with E-state index in [1.54, 1.807) is 30.3 Å². The van der Waals surface area contributed by atoms with Gasteiger partial charge in [-0.15, -0.1) is 0 Å². The van der Waals surface area contributed by atoms with Crippen LogP contribution in [0.2, 0.25) is 0 Å². The van der Waals surface area contributed by atoms with Crippen molar-refractivity contribution in [3.63, 3.8) is 0 Å². The highest BCUT2D eigenvalue weighted by Crippen LogP contribution is 2.15. The van der Waals surface area contributed by atoms with Gasteiger partial charge in [0.2, 0.25) is 5.91 Å². The van der Waals surface area contributed by atoms with E-state index >= 15 is 0 Å². The second-order valence-corrected chi connectivity index (χ2v) is 5.05. The summed E-state index contributed by atoms with van der Waals surface area (Å²) >= 11 is 4.94. The van der Waals surface area contributed by atoms with E-state index in [9.17, 15) is 14.0 Å². The molecule has 0 aliphatic heterocycles. The Bertz CT molecular complexity index is 747. The maximum Gasteiger partial charge on any atom is 0.258 e. The van der Waals surface area contributed by atoms with Crippen LogP contribution in [0.4, 0.5) is 15.8 Å². The summed E-state index contributed by atoms with van der Waals surface area (Å²) in [7, 11) is 0. The number of hydrogen-bond acceptors (Lipinski definition) is 3. The molecule has 0 unspecified atom stereocenters. The first-order valence-corrected chi connectivity index (χ1v) is 7.11. The van der Waals surface area contributed by atoms with Crippen molar-refractivity contribution in [3.8, 4) is 0 Å². The third-order valence-corrected chi connectivity index (χ3v) is 3.01. The van der Waals surface area contributed by atoms with Crippen LogP contribution in [0, 0.1) is 5.82 Å². The van der Waals surface area contributed by atoms with Gasteiger partial charge in [-0.3, -0.25) is 9.59 Å². The number of anilines is 2. The van der Waals surface area contributed by atoms with Crippen LogP contribution in [-0.2, 0) is 4.79 Å². The highest BCUT2D eigenvalue weighted by Gasteiger charge is 2.10. The highest BCUT2D eigenvalue weighted by atomic mass is 32.1. The second kappa shape index (κ2) is 7.46. The summed E-state index contributed by atoms with van der Waals surface area (Å²) < 4.78 is 13.5. The van der Waals surface area contributed by atoms with E-state index in [-0.39, 0.29) is 16.6 Å². The van der Waals surface area contributed by atoms with Gasteiger partial charge in [0.25, 0.3) is 5.91 Å². The first-order chi connectivity index (χ1) is 11.0. The Morgan fingerprint density at radius 3 is 2.09 bits per heavy atom. The van der Waals surface area contributed by atoms with Crippen molar-refractivity contribution < 1.29 is 14.0 Å². The highest BCUT2D eigenvalue weighted by molar-refractivity contribution is 7.80. The molecule has 0 atom stereocenters. The monoisotopic (exact) mass is 331 g/mol. The van der Waals surface area contributed by atoms with Crippen LogP contribution in [0.5, 0.6) is 0 Å². The molecule has 3 N–H and O–H groups in total. The number of amides is 2. The lowest BCUT2D eigenvalue weighted by molar-refractivity contribution is -0.117. The summed E-state index contributed by atoms with van der Waals surface area (Å²) in [6.07, 6.45) is 0. The van der Waals surface area contributed by atoms with Crippen molar-refractivity contribution in [1.29, 1.82) is 0 Å². The zero-order valence-corrected chi connectivity index (χ0v) is 13.0. The molecule has 2 rings (SSSR count). The molecule has 0 aromatic heterocycles. The fourth-order valence-corrected chi connectivity index (χ4v) is 2.06. The first kappa shape index (κ1) is 16.6. The lowest BCUT2D eigenvalue weighted by Gasteiger charge is -2.10. The lowest BCUT2D eigenvalue weighted by Crippen LogP contribution is -2.32. The standard InChI is InChI=1S/C16H14FN3O2S/c1-10(21)18-16(23)20-12-8-6-11(7-9-12)19-15(22)13-4-2-3-5-14(13)17/h2-9H,1H3,(H,19,22)(H2,18,20,21,23). The van der Waals surface area contributed by atoms with Gasteiger partial charge in [0.1, 0.15) is 5.82 Å². The molecule has 118 valence electrons. The number of rotatable bonds is 3. The van der Waals surface area contributed by atoms with Crippen molar-refractivity contribution >= 4 is 40.5 Å². The van der Waals surface area contributed by atoms with Crippen molar-refractivity contribution in [3.05, 3.63) is 59.9 Å². The molecule has 23 heavy (non-hydrogen) atoms. The predicted octanol–water partition coefficient (Wildman–Crippen LogP) is 2.91. The maximum absolute atomic E-state index is 13.5. The molecule has 0 radical (unpaired) electrons. The van der Waals surface area contributed by atoms with Gasteiger partial charge < -0.3 is 16.0 Å². The topological polar surface area (TPSA) is 70.2 Å². The summed E-state index contributed by atoms with van der Waals surface area (Å²) in [6, 6.07) is 12.4. The Balaban J connectivity index is 2.00. The first-order valence-electron chi connectivity index (χ1n) is 6.70. The molecule has 0 heterocycles. The molecule has 2 amide bonds. The number of halogens is 1. The maximum atomic E-state index is 13.5. The molecule has 0 saturated carbocycles. The predicted molar refractivity (Wildman–Crippen MR) is 90.8 cm³/mol. The third kappa shape index (κ3) is 4.86. The molecule has 7 heteroatoms. The molecule has 2 aromatic carbocycles.